The molecule has 0 amide bonds. The van der Waals surface area contributed by atoms with Crippen LogP contribution in [0.15, 0.2) is 23.3 Å². The Morgan fingerprint density at radius 3 is 2.50 bits per heavy atom. The monoisotopic (exact) mass is 134 g/mol. The molecule has 52 valence electrons. The topological polar surface area (TPSA) is 36.2 Å². The maximum absolute atomic E-state index is 6.81. The van der Waals surface area contributed by atoms with Crippen molar-refractivity contribution in [3.63, 3.8) is 0 Å². The highest BCUT2D eigenvalue weighted by molar-refractivity contribution is 5.47. The van der Waals surface area contributed by atoms with Gasteiger partial charge in [-0.2, -0.15) is 5.11 Å². The second-order valence-electron chi connectivity index (χ2n) is 2.33. The molecular weight excluding hydrogens is 124 g/mol. The first-order chi connectivity index (χ1) is 4.75. The lowest BCUT2D eigenvalue weighted by Crippen LogP contribution is -1.78. The van der Waals surface area contributed by atoms with Gasteiger partial charge in [-0.05, 0) is 31.0 Å². The summed E-state index contributed by atoms with van der Waals surface area (Å²) in [7, 11) is 0. The maximum atomic E-state index is 6.81. The maximum Gasteiger partial charge on any atom is 0.0881 e. The van der Waals surface area contributed by atoms with Gasteiger partial charge in [0.1, 0.15) is 0 Å². The van der Waals surface area contributed by atoms with E-state index in [4.69, 9.17) is 5.53 Å². The molecular formula is C8H10N2. The van der Waals surface area contributed by atoms with Crippen molar-refractivity contribution in [3.8, 4) is 0 Å². The zero-order valence-electron chi connectivity index (χ0n) is 6.18. The van der Waals surface area contributed by atoms with E-state index in [-0.39, 0.29) is 0 Å². The minimum absolute atomic E-state index is 0.764. The Morgan fingerprint density at radius 1 is 1.30 bits per heavy atom. The SMILES string of the molecule is Cc1cccc(N=N)c1C. The molecule has 0 unspecified atom stereocenters. The number of benzene rings is 1. The molecule has 0 spiro atoms. The first-order valence-electron chi connectivity index (χ1n) is 3.19. The minimum Gasteiger partial charge on any atom is -0.204 e. The predicted octanol–water partition coefficient (Wildman–Crippen LogP) is 2.97. The van der Waals surface area contributed by atoms with E-state index in [0.717, 1.165) is 11.3 Å². The van der Waals surface area contributed by atoms with Crippen LogP contribution in [0.2, 0.25) is 0 Å². The van der Waals surface area contributed by atoms with Crippen LogP contribution in [-0.4, -0.2) is 0 Å². The first-order valence-corrected chi connectivity index (χ1v) is 3.19. The van der Waals surface area contributed by atoms with E-state index < -0.39 is 0 Å². The molecule has 10 heavy (non-hydrogen) atoms. The zero-order valence-corrected chi connectivity index (χ0v) is 6.18. The van der Waals surface area contributed by atoms with Gasteiger partial charge in [-0.25, -0.2) is 5.53 Å². The van der Waals surface area contributed by atoms with Crippen LogP contribution >= 0.6 is 0 Å². The lowest BCUT2D eigenvalue weighted by atomic mass is 10.1. The molecule has 1 N–H and O–H groups in total. The van der Waals surface area contributed by atoms with Crippen molar-refractivity contribution in [1.29, 1.82) is 5.53 Å². The van der Waals surface area contributed by atoms with Crippen LogP contribution in [0.25, 0.3) is 0 Å². The second kappa shape index (κ2) is 2.60. The molecule has 2 nitrogen and oxygen atoms in total. The summed E-state index contributed by atoms with van der Waals surface area (Å²) in [6, 6.07) is 5.77. The Bertz CT molecular complexity index is 253. The van der Waals surface area contributed by atoms with Gasteiger partial charge in [0.05, 0.1) is 5.69 Å². The summed E-state index contributed by atoms with van der Waals surface area (Å²) in [5, 5.41) is 3.38. The van der Waals surface area contributed by atoms with Gasteiger partial charge in [-0.3, -0.25) is 0 Å². The van der Waals surface area contributed by atoms with Crippen LogP contribution in [0.1, 0.15) is 11.1 Å². The highest BCUT2D eigenvalue weighted by Crippen LogP contribution is 2.19. The number of hydrogen-bond acceptors (Lipinski definition) is 2. The van der Waals surface area contributed by atoms with Gasteiger partial charge in [0.15, 0.2) is 0 Å². The highest BCUT2D eigenvalue weighted by Gasteiger charge is 1.96. The molecule has 1 aromatic rings. The first kappa shape index (κ1) is 6.93. The summed E-state index contributed by atoms with van der Waals surface area (Å²) >= 11 is 0. The Hall–Kier alpha value is -1.18. The normalized spacial score (nSPS) is 9.40. The van der Waals surface area contributed by atoms with Gasteiger partial charge in [0, 0.05) is 0 Å². The Kier molecular flexibility index (Phi) is 1.81. The van der Waals surface area contributed by atoms with Crippen molar-refractivity contribution in [1.82, 2.24) is 0 Å². The summed E-state index contributed by atoms with van der Waals surface area (Å²) in [6.07, 6.45) is 0. The largest absolute Gasteiger partial charge is 0.204 e. The van der Waals surface area contributed by atoms with Gasteiger partial charge in [0.2, 0.25) is 0 Å². The molecule has 0 aromatic heterocycles. The quantitative estimate of drug-likeness (QED) is 0.573. The van der Waals surface area contributed by atoms with Crippen LogP contribution in [0.5, 0.6) is 0 Å². The average molecular weight is 134 g/mol. The standard InChI is InChI=1S/C8H10N2/c1-6-4-3-5-8(10-9)7(6)2/h3-5,9H,1-2H3. The molecule has 0 saturated carbocycles. The molecule has 1 rings (SSSR count). The van der Waals surface area contributed by atoms with Gasteiger partial charge in [-0.1, -0.05) is 12.1 Å². The van der Waals surface area contributed by atoms with Gasteiger partial charge < -0.3 is 0 Å². The van der Waals surface area contributed by atoms with E-state index in [1.54, 1.807) is 0 Å². The van der Waals surface area contributed by atoms with Crippen LogP contribution in [-0.2, 0) is 0 Å². The predicted molar refractivity (Wildman–Crippen MR) is 40.7 cm³/mol. The summed E-state index contributed by atoms with van der Waals surface area (Å²) < 4.78 is 0. The van der Waals surface area contributed by atoms with Crippen molar-refractivity contribution in [3.05, 3.63) is 29.3 Å². The highest BCUT2D eigenvalue weighted by atomic mass is 15.0. The van der Waals surface area contributed by atoms with Gasteiger partial charge >= 0.3 is 0 Å². The van der Waals surface area contributed by atoms with Crippen molar-refractivity contribution >= 4 is 5.69 Å². The van der Waals surface area contributed by atoms with Crippen LogP contribution < -0.4 is 0 Å². The zero-order chi connectivity index (χ0) is 7.56. The fraction of sp³-hybridized carbons (Fsp3) is 0.250. The fourth-order valence-electron chi connectivity index (χ4n) is 0.857. The lowest BCUT2D eigenvalue weighted by Gasteiger charge is -1.99. The van der Waals surface area contributed by atoms with E-state index in [2.05, 4.69) is 5.11 Å². The summed E-state index contributed by atoms with van der Waals surface area (Å²) in [6.45, 7) is 3.99. The van der Waals surface area contributed by atoms with Crippen LogP contribution in [0, 0.1) is 19.4 Å². The molecule has 0 bridgehead atoms. The van der Waals surface area contributed by atoms with Crippen molar-refractivity contribution < 1.29 is 0 Å². The third kappa shape index (κ3) is 1.05. The summed E-state index contributed by atoms with van der Waals surface area (Å²) in [4.78, 5) is 0. The van der Waals surface area contributed by atoms with Crippen LogP contribution in [0.3, 0.4) is 0 Å². The Morgan fingerprint density at radius 2 is 2.00 bits per heavy atom. The van der Waals surface area contributed by atoms with E-state index in [0.29, 0.717) is 0 Å². The molecule has 0 atom stereocenters. The van der Waals surface area contributed by atoms with Gasteiger partial charge in [-0.15, -0.1) is 0 Å². The molecule has 0 aliphatic rings. The van der Waals surface area contributed by atoms with Crippen LogP contribution in [0.4, 0.5) is 5.69 Å². The summed E-state index contributed by atoms with van der Waals surface area (Å²) in [5.74, 6) is 0. The van der Waals surface area contributed by atoms with E-state index in [1.807, 2.05) is 32.0 Å². The molecule has 0 aliphatic heterocycles. The third-order valence-electron chi connectivity index (χ3n) is 1.70. The third-order valence-corrected chi connectivity index (χ3v) is 1.70. The Balaban J connectivity index is 3.27. The number of nitrogens with zero attached hydrogens (tertiary/aromatic N) is 1. The van der Waals surface area contributed by atoms with Crippen molar-refractivity contribution in [2.45, 2.75) is 13.8 Å². The fourth-order valence-corrected chi connectivity index (χ4v) is 0.857. The molecule has 1 aromatic carbocycles. The average Bonchev–Trinajstić information content (AvgIpc) is 1.95. The molecule has 0 saturated heterocycles. The number of hydrogen-bond donors (Lipinski definition) is 1. The molecule has 0 aliphatic carbocycles. The van der Waals surface area contributed by atoms with E-state index in [1.165, 1.54) is 5.56 Å². The lowest BCUT2D eigenvalue weighted by molar-refractivity contribution is 1.12. The molecule has 2 heteroatoms. The number of aryl methyl sites for hydroxylation is 1. The minimum atomic E-state index is 0.764. The van der Waals surface area contributed by atoms with Gasteiger partial charge in [0.25, 0.3) is 0 Å². The van der Waals surface area contributed by atoms with Crippen molar-refractivity contribution in [2.75, 3.05) is 0 Å². The number of rotatable bonds is 1. The van der Waals surface area contributed by atoms with Crippen molar-refractivity contribution in [2.24, 2.45) is 5.11 Å². The molecule has 0 heterocycles. The Labute approximate surface area is 60.4 Å². The molecule has 0 fully saturated rings. The number of nitrogens with one attached hydrogen (secondary N) is 1. The smallest absolute Gasteiger partial charge is 0.0881 e. The summed E-state index contributed by atoms with van der Waals surface area (Å²) in [5.41, 5.74) is 9.85. The van der Waals surface area contributed by atoms with E-state index in [9.17, 15) is 0 Å². The second-order valence-corrected chi connectivity index (χ2v) is 2.33. The van der Waals surface area contributed by atoms with E-state index >= 15 is 0 Å². The molecule has 0 radical (unpaired) electrons.